The van der Waals surface area contributed by atoms with Crippen molar-refractivity contribution in [3.05, 3.63) is 0 Å². The van der Waals surface area contributed by atoms with Crippen LogP contribution in [0.3, 0.4) is 0 Å². The van der Waals surface area contributed by atoms with Gasteiger partial charge in [-0.25, -0.2) is 0 Å². The predicted octanol–water partition coefficient (Wildman–Crippen LogP) is -0.112. The van der Waals surface area contributed by atoms with Gasteiger partial charge in [0.1, 0.15) is 13.1 Å². The fourth-order valence-corrected chi connectivity index (χ4v) is 1.62. The molecule has 2 N–H and O–H groups in total. The van der Waals surface area contributed by atoms with Crippen LogP contribution in [0.15, 0.2) is 0 Å². The first-order valence-electron chi connectivity index (χ1n) is 7.16. The van der Waals surface area contributed by atoms with Gasteiger partial charge in [0.15, 0.2) is 0 Å². The summed E-state index contributed by atoms with van der Waals surface area (Å²) in [4.78, 5) is 37.0. The predicted molar refractivity (Wildman–Crippen MR) is 84.4 cm³/mol. The zero-order valence-electron chi connectivity index (χ0n) is 13.8. The van der Waals surface area contributed by atoms with Crippen LogP contribution in [0.25, 0.3) is 0 Å². The zero-order chi connectivity index (χ0) is 17.2. The Morgan fingerprint density at radius 1 is 0.913 bits per heavy atom. The molecule has 0 aromatic carbocycles. The molecule has 0 saturated carbocycles. The Hall–Kier alpha value is -2.65. The highest BCUT2D eigenvalue weighted by Gasteiger charge is 2.13. The minimum atomic E-state index is -0.445. The highest BCUT2D eigenvalue weighted by molar-refractivity contribution is 5.75. The highest BCUT2D eigenvalue weighted by Crippen LogP contribution is 2.13. The molecule has 0 aliphatic rings. The van der Waals surface area contributed by atoms with E-state index in [1.807, 2.05) is 18.7 Å². The van der Waals surface area contributed by atoms with Crippen LogP contribution in [-0.4, -0.2) is 67.3 Å². The van der Waals surface area contributed by atoms with Crippen LogP contribution >= 0.6 is 0 Å². The number of esters is 2. The molecule has 0 radical (unpaired) electrons. The Kier molecular flexibility index (Phi) is 7.51. The van der Waals surface area contributed by atoms with E-state index in [1.54, 1.807) is 0 Å². The van der Waals surface area contributed by atoms with Crippen molar-refractivity contribution in [2.24, 2.45) is 0 Å². The van der Waals surface area contributed by atoms with Crippen LogP contribution in [0.2, 0.25) is 0 Å². The number of rotatable bonds is 9. The van der Waals surface area contributed by atoms with Gasteiger partial charge < -0.3 is 25.0 Å². The van der Waals surface area contributed by atoms with Crippen molar-refractivity contribution < 1.29 is 19.1 Å². The molecule has 0 unspecified atom stereocenters. The number of nitrogens with one attached hydrogen (secondary N) is 2. The SMILES string of the molecule is CCN(CC)c1nc(NCC(=O)OC)nc(NCC(=O)OC)n1. The third kappa shape index (κ3) is 5.93. The zero-order valence-corrected chi connectivity index (χ0v) is 13.8. The molecule has 0 amide bonds. The second-order valence-corrected chi connectivity index (χ2v) is 4.31. The number of aromatic nitrogens is 3. The van der Waals surface area contributed by atoms with Gasteiger partial charge in [-0.05, 0) is 13.8 Å². The minimum Gasteiger partial charge on any atom is -0.468 e. The second-order valence-electron chi connectivity index (χ2n) is 4.31. The van der Waals surface area contributed by atoms with Crippen LogP contribution < -0.4 is 15.5 Å². The van der Waals surface area contributed by atoms with Crippen molar-refractivity contribution in [3.63, 3.8) is 0 Å². The van der Waals surface area contributed by atoms with E-state index in [-0.39, 0.29) is 25.0 Å². The van der Waals surface area contributed by atoms with E-state index in [4.69, 9.17) is 0 Å². The van der Waals surface area contributed by atoms with Gasteiger partial charge in [0.25, 0.3) is 0 Å². The molecule has 0 aliphatic heterocycles. The van der Waals surface area contributed by atoms with Gasteiger partial charge in [-0.2, -0.15) is 15.0 Å². The van der Waals surface area contributed by atoms with E-state index in [1.165, 1.54) is 14.2 Å². The molecule has 23 heavy (non-hydrogen) atoms. The fraction of sp³-hybridized carbons (Fsp3) is 0.615. The first kappa shape index (κ1) is 18.4. The molecular weight excluding hydrogens is 304 g/mol. The lowest BCUT2D eigenvalue weighted by Crippen LogP contribution is -2.26. The molecule has 1 aromatic heterocycles. The average Bonchev–Trinajstić information content (AvgIpc) is 2.58. The van der Waals surface area contributed by atoms with E-state index in [2.05, 4.69) is 35.1 Å². The maximum Gasteiger partial charge on any atom is 0.325 e. The number of carbonyl (C=O) groups excluding carboxylic acids is 2. The van der Waals surface area contributed by atoms with Crippen LogP contribution in [0.1, 0.15) is 13.8 Å². The first-order chi connectivity index (χ1) is 11.0. The summed E-state index contributed by atoms with van der Waals surface area (Å²) < 4.78 is 9.11. The monoisotopic (exact) mass is 326 g/mol. The molecule has 0 saturated heterocycles. The summed E-state index contributed by atoms with van der Waals surface area (Å²) >= 11 is 0. The Labute approximate surface area is 134 Å². The van der Waals surface area contributed by atoms with E-state index < -0.39 is 11.9 Å². The molecule has 10 heteroatoms. The summed E-state index contributed by atoms with van der Waals surface area (Å²) in [6.07, 6.45) is 0. The summed E-state index contributed by atoms with van der Waals surface area (Å²) in [5, 5.41) is 5.52. The van der Waals surface area contributed by atoms with Gasteiger partial charge in [0.2, 0.25) is 17.8 Å². The molecule has 10 nitrogen and oxygen atoms in total. The fourth-order valence-electron chi connectivity index (χ4n) is 1.62. The molecule has 0 spiro atoms. The van der Waals surface area contributed by atoms with Crippen LogP contribution in [-0.2, 0) is 19.1 Å². The molecule has 128 valence electrons. The lowest BCUT2D eigenvalue weighted by molar-refractivity contribution is -0.139. The molecule has 0 bridgehead atoms. The van der Waals surface area contributed by atoms with Crippen molar-refractivity contribution in [3.8, 4) is 0 Å². The van der Waals surface area contributed by atoms with Crippen LogP contribution in [0.4, 0.5) is 17.8 Å². The van der Waals surface area contributed by atoms with E-state index in [0.717, 1.165) is 0 Å². The first-order valence-corrected chi connectivity index (χ1v) is 7.16. The lowest BCUT2D eigenvalue weighted by atomic mass is 10.5. The second kappa shape index (κ2) is 9.38. The smallest absolute Gasteiger partial charge is 0.325 e. The maximum absolute atomic E-state index is 11.2. The summed E-state index contributed by atoms with van der Waals surface area (Å²) in [7, 11) is 2.59. The molecule has 0 aliphatic carbocycles. The van der Waals surface area contributed by atoms with Gasteiger partial charge in [0, 0.05) is 13.1 Å². The Morgan fingerprint density at radius 2 is 1.35 bits per heavy atom. The van der Waals surface area contributed by atoms with E-state index in [9.17, 15) is 9.59 Å². The molecule has 1 heterocycles. The number of methoxy groups -OCH3 is 2. The minimum absolute atomic E-state index is 0.0748. The van der Waals surface area contributed by atoms with Crippen molar-refractivity contribution in [2.45, 2.75) is 13.8 Å². The molecule has 0 fully saturated rings. The standard InChI is InChI=1S/C13H22N6O4/c1-5-19(6-2)13-17-11(14-7-9(20)22-3)16-12(18-13)15-8-10(21)23-4/h5-8H2,1-4H3,(H2,14,15,16,17,18). The van der Waals surface area contributed by atoms with Gasteiger partial charge in [-0.15, -0.1) is 0 Å². The largest absolute Gasteiger partial charge is 0.468 e. The third-order valence-electron chi connectivity index (χ3n) is 2.91. The average molecular weight is 326 g/mol. The number of anilines is 3. The van der Waals surface area contributed by atoms with Crippen molar-refractivity contribution >= 4 is 29.8 Å². The number of hydrogen-bond donors (Lipinski definition) is 2. The van der Waals surface area contributed by atoms with E-state index in [0.29, 0.717) is 19.0 Å². The third-order valence-corrected chi connectivity index (χ3v) is 2.91. The summed E-state index contributed by atoms with van der Waals surface area (Å²) in [6.45, 7) is 5.19. The van der Waals surface area contributed by atoms with Crippen LogP contribution in [0.5, 0.6) is 0 Å². The Bertz CT molecular complexity index is 497. The maximum atomic E-state index is 11.2. The Balaban J connectivity index is 2.96. The van der Waals surface area contributed by atoms with Crippen molar-refractivity contribution in [1.82, 2.24) is 15.0 Å². The number of hydrogen-bond acceptors (Lipinski definition) is 10. The Morgan fingerprint density at radius 3 is 1.70 bits per heavy atom. The number of ether oxygens (including phenoxy) is 2. The normalized spacial score (nSPS) is 9.91. The number of nitrogens with zero attached hydrogens (tertiary/aromatic N) is 4. The van der Waals surface area contributed by atoms with E-state index >= 15 is 0 Å². The lowest BCUT2D eigenvalue weighted by Gasteiger charge is -2.19. The van der Waals surface area contributed by atoms with Gasteiger partial charge in [0.05, 0.1) is 14.2 Å². The quantitative estimate of drug-likeness (QED) is 0.595. The summed E-state index contributed by atoms with van der Waals surface area (Å²) in [6, 6.07) is 0. The van der Waals surface area contributed by atoms with Crippen LogP contribution in [0, 0.1) is 0 Å². The van der Waals surface area contributed by atoms with Crippen molar-refractivity contribution in [2.75, 3.05) is 55.9 Å². The molecule has 1 rings (SSSR count). The molecule has 1 aromatic rings. The van der Waals surface area contributed by atoms with Gasteiger partial charge in [-0.3, -0.25) is 9.59 Å². The molecular formula is C13H22N6O4. The summed E-state index contributed by atoms with van der Waals surface area (Å²) in [5.74, 6) is -0.0400. The topological polar surface area (TPSA) is 119 Å². The molecule has 0 atom stereocenters. The summed E-state index contributed by atoms with van der Waals surface area (Å²) in [5.41, 5.74) is 0. The highest BCUT2D eigenvalue weighted by atomic mass is 16.5. The van der Waals surface area contributed by atoms with Gasteiger partial charge in [-0.1, -0.05) is 0 Å². The van der Waals surface area contributed by atoms with Crippen molar-refractivity contribution in [1.29, 1.82) is 0 Å². The number of carbonyl (C=O) groups is 2. The van der Waals surface area contributed by atoms with Gasteiger partial charge >= 0.3 is 11.9 Å².